The number of nitrogens with zero attached hydrogens (tertiary/aromatic N) is 2. The highest BCUT2D eigenvalue weighted by Gasteiger charge is 2.50. The molecule has 0 aliphatic carbocycles. The maximum atomic E-state index is 13.6. The Morgan fingerprint density at radius 3 is 2.73 bits per heavy atom. The Balaban J connectivity index is 1.68. The SMILES string of the molecule is CS(=O)(=O)N1C[C@H]2C[C@@H](C1)[C@H](Cc1cccc(F)c1)N1C(=O)CCC[C@@H]21. The Hall–Kier alpha value is -1.47. The van der Waals surface area contributed by atoms with E-state index in [0.717, 1.165) is 24.8 Å². The lowest BCUT2D eigenvalue weighted by molar-refractivity contribution is -0.150. The Bertz CT molecular complexity index is 813. The number of sulfonamides is 1. The van der Waals surface area contributed by atoms with Crippen molar-refractivity contribution in [1.82, 2.24) is 9.21 Å². The van der Waals surface area contributed by atoms with E-state index in [0.29, 0.717) is 25.9 Å². The fourth-order valence-electron chi connectivity index (χ4n) is 5.17. The third-order valence-electron chi connectivity index (χ3n) is 6.27. The Morgan fingerprint density at radius 2 is 2.00 bits per heavy atom. The average molecular weight is 380 g/mol. The summed E-state index contributed by atoms with van der Waals surface area (Å²) in [6, 6.07) is 6.56. The number of piperidine rings is 3. The second kappa shape index (κ2) is 6.60. The van der Waals surface area contributed by atoms with Crippen LogP contribution in [-0.4, -0.2) is 55.0 Å². The first-order chi connectivity index (χ1) is 12.3. The van der Waals surface area contributed by atoms with E-state index in [1.54, 1.807) is 10.4 Å². The van der Waals surface area contributed by atoms with E-state index < -0.39 is 10.0 Å². The third kappa shape index (κ3) is 3.27. The second-order valence-electron chi connectivity index (χ2n) is 8.00. The number of hydrogen-bond donors (Lipinski definition) is 0. The molecule has 1 aromatic carbocycles. The van der Waals surface area contributed by atoms with Crippen LogP contribution in [0.25, 0.3) is 0 Å². The van der Waals surface area contributed by atoms with Crippen molar-refractivity contribution in [1.29, 1.82) is 0 Å². The number of carbonyl (C=O) groups is 1. The van der Waals surface area contributed by atoms with Gasteiger partial charge in [-0.15, -0.1) is 0 Å². The standard InChI is InChI=1S/C19H25FN2O3S/c1-26(24,25)21-11-14-10-15(12-21)18(9-13-4-2-5-16(20)8-13)22-17(14)6-3-7-19(22)23/h2,4-5,8,14-15,17-18H,3,6-7,9-12H2,1H3/t14-,15+,17+,18+/m1/s1. The molecule has 0 aromatic heterocycles. The lowest BCUT2D eigenvalue weighted by Gasteiger charge is -2.56. The molecule has 5 nitrogen and oxygen atoms in total. The first-order valence-corrected chi connectivity index (χ1v) is 11.2. The molecule has 1 aromatic rings. The van der Waals surface area contributed by atoms with Gasteiger partial charge in [0.25, 0.3) is 0 Å². The van der Waals surface area contributed by atoms with Crippen molar-refractivity contribution in [2.24, 2.45) is 11.8 Å². The number of hydrogen-bond acceptors (Lipinski definition) is 3. The number of halogens is 1. The maximum Gasteiger partial charge on any atom is 0.223 e. The molecule has 3 aliphatic rings. The van der Waals surface area contributed by atoms with E-state index in [9.17, 15) is 17.6 Å². The quantitative estimate of drug-likeness (QED) is 0.806. The van der Waals surface area contributed by atoms with Crippen LogP contribution in [0.1, 0.15) is 31.2 Å². The number of rotatable bonds is 3. The molecular formula is C19H25FN2O3S. The van der Waals surface area contributed by atoms with E-state index >= 15 is 0 Å². The fraction of sp³-hybridized carbons (Fsp3) is 0.632. The Morgan fingerprint density at radius 1 is 1.23 bits per heavy atom. The minimum absolute atomic E-state index is 0.0598. The van der Waals surface area contributed by atoms with Gasteiger partial charge in [-0.2, -0.15) is 0 Å². The first-order valence-electron chi connectivity index (χ1n) is 9.33. The summed E-state index contributed by atoms with van der Waals surface area (Å²) in [4.78, 5) is 14.8. The lowest BCUT2D eigenvalue weighted by Crippen LogP contribution is -2.65. The van der Waals surface area contributed by atoms with Crippen molar-refractivity contribution >= 4 is 15.9 Å². The third-order valence-corrected chi connectivity index (χ3v) is 7.50. The number of amides is 1. The molecule has 3 heterocycles. The van der Waals surface area contributed by atoms with Crippen LogP contribution in [0, 0.1) is 17.7 Å². The normalized spacial score (nSPS) is 32.4. The van der Waals surface area contributed by atoms with Crippen LogP contribution in [-0.2, 0) is 21.2 Å². The molecule has 2 bridgehead atoms. The molecule has 26 heavy (non-hydrogen) atoms. The number of fused-ring (bicyclic) bond motifs is 4. The van der Waals surface area contributed by atoms with Crippen molar-refractivity contribution < 1.29 is 17.6 Å². The summed E-state index contributed by atoms with van der Waals surface area (Å²) in [6.45, 7) is 0.961. The molecular weight excluding hydrogens is 355 g/mol. The highest BCUT2D eigenvalue weighted by Crippen LogP contribution is 2.43. The van der Waals surface area contributed by atoms with Crippen LogP contribution >= 0.6 is 0 Å². The van der Waals surface area contributed by atoms with Gasteiger partial charge in [-0.1, -0.05) is 12.1 Å². The first kappa shape index (κ1) is 17.9. The van der Waals surface area contributed by atoms with Gasteiger partial charge in [0, 0.05) is 31.6 Å². The van der Waals surface area contributed by atoms with Gasteiger partial charge in [-0.05, 0) is 55.2 Å². The van der Waals surface area contributed by atoms with Gasteiger partial charge >= 0.3 is 0 Å². The summed E-state index contributed by atoms with van der Waals surface area (Å²) in [7, 11) is -3.25. The highest BCUT2D eigenvalue weighted by atomic mass is 32.2. The van der Waals surface area contributed by atoms with E-state index in [4.69, 9.17) is 0 Å². The molecule has 3 aliphatic heterocycles. The van der Waals surface area contributed by atoms with Gasteiger partial charge in [-0.25, -0.2) is 17.1 Å². The van der Waals surface area contributed by atoms with Gasteiger partial charge in [0.1, 0.15) is 5.82 Å². The summed E-state index contributed by atoms with van der Waals surface area (Å²) in [6.07, 6.45) is 5.15. The zero-order valence-electron chi connectivity index (χ0n) is 15.0. The molecule has 3 saturated heterocycles. The second-order valence-corrected chi connectivity index (χ2v) is 9.98. The van der Waals surface area contributed by atoms with Crippen LogP contribution < -0.4 is 0 Å². The molecule has 0 spiro atoms. The molecule has 1 amide bonds. The molecule has 3 fully saturated rings. The smallest absolute Gasteiger partial charge is 0.223 e. The molecule has 4 atom stereocenters. The van der Waals surface area contributed by atoms with Gasteiger partial charge in [0.2, 0.25) is 15.9 Å². The maximum absolute atomic E-state index is 13.6. The van der Waals surface area contributed by atoms with Crippen LogP contribution in [0.2, 0.25) is 0 Å². The summed E-state index contributed by atoms with van der Waals surface area (Å²) >= 11 is 0. The molecule has 0 unspecified atom stereocenters. The van der Waals surface area contributed by atoms with Crippen molar-refractivity contribution in [3.8, 4) is 0 Å². The van der Waals surface area contributed by atoms with Crippen molar-refractivity contribution in [2.75, 3.05) is 19.3 Å². The minimum Gasteiger partial charge on any atom is -0.336 e. The molecule has 142 valence electrons. The summed E-state index contributed by atoms with van der Waals surface area (Å²) in [5.74, 6) is 0.200. The summed E-state index contributed by atoms with van der Waals surface area (Å²) < 4.78 is 39.5. The van der Waals surface area contributed by atoms with Crippen LogP contribution in [0.4, 0.5) is 4.39 Å². The van der Waals surface area contributed by atoms with Gasteiger partial charge < -0.3 is 4.90 Å². The molecule has 0 saturated carbocycles. The fourth-order valence-corrected chi connectivity index (χ4v) is 6.10. The van der Waals surface area contributed by atoms with E-state index in [1.807, 2.05) is 11.0 Å². The molecule has 0 radical (unpaired) electrons. The zero-order chi connectivity index (χ0) is 18.5. The summed E-state index contributed by atoms with van der Waals surface area (Å²) in [5.41, 5.74) is 0.863. The Kier molecular flexibility index (Phi) is 4.55. The van der Waals surface area contributed by atoms with Crippen LogP contribution in [0.5, 0.6) is 0 Å². The zero-order valence-corrected chi connectivity index (χ0v) is 15.8. The minimum atomic E-state index is -3.25. The predicted octanol–water partition coefficient (Wildman–Crippen LogP) is 2.03. The van der Waals surface area contributed by atoms with Gasteiger partial charge in [-0.3, -0.25) is 4.79 Å². The lowest BCUT2D eigenvalue weighted by atomic mass is 9.71. The van der Waals surface area contributed by atoms with E-state index in [-0.39, 0.29) is 35.6 Å². The molecule has 0 N–H and O–H groups in total. The van der Waals surface area contributed by atoms with Crippen LogP contribution in [0.3, 0.4) is 0 Å². The van der Waals surface area contributed by atoms with Crippen molar-refractivity contribution in [3.05, 3.63) is 35.6 Å². The van der Waals surface area contributed by atoms with E-state index in [1.165, 1.54) is 18.4 Å². The monoisotopic (exact) mass is 380 g/mol. The number of benzene rings is 1. The average Bonchev–Trinajstić information content (AvgIpc) is 2.58. The van der Waals surface area contributed by atoms with Crippen molar-refractivity contribution in [2.45, 2.75) is 44.2 Å². The summed E-state index contributed by atoms with van der Waals surface area (Å²) in [5, 5.41) is 0. The number of carbonyl (C=O) groups excluding carboxylic acids is 1. The van der Waals surface area contributed by atoms with Gasteiger partial charge in [0.05, 0.1) is 6.26 Å². The van der Waals surface area contributed by atoms with Gasteiger partial charge in [0.15, 0.2) is 0 Å². The predicted molar refractivity (Wildman–Crippen MR) is 96.4 cm³/mol. The molecule has 7 heteroatoms. The van der Waals surface area contributed by atoms with E-state index in [2.05, 4.69) is 0 Å². The molecule has 4 rings (SSSR count). The largest absolute Gasteiger partial charge is 0.336 e. The van der Waals surface area contributed by atoms with Crippen LogP contribution in [0.15, 0.2) is 24.3 Å². The highest BCUT2D eigenvalue weighted by molar-refractivity contribution is 7.88. The topological polar surface area (TPSA) is 57.7 Å². The van der Waals surface area contributed by atoms with Crippen molar-refractivity contribution in [3.63, 3.8) is 0 Å². The Labute approximate surface area is 154 Å².